The number of hydrogen-bond donors (Lipinski definition) is 24. The third-order valence-corrected chi connectivity index (χ3v) is 35.3. The van der Waals surface area contributed by atoms with Crippen LogP contribution in [0.1, 0.15) is 95.5 Å². The van der Waals surface area contributed by atoms with Crippen LogP contribution in [0.3, 0.4) is 0 Å². The molecule has 0 radical (unpaired) electrons. The molecule has 12 aromatic rings. The zero-order valence-electron chi connectivity index (χ0n) is 61.0. The number of rotatable bonds is 12. The molecular formula is C78H40Br20O30. The Balaban J connectivity index is 0.000000211. The number of phenolic OH excluding ortho intramolecular Hbond substituents is 24. The fraction of sp³-hybridized carbons (Fsp3) is 0. The highest BCUT2D eigenvalue weighted by Gasteiger charge is 2.34. The van der Waals surface area contributed by atoms with E-state index in [0.29, 0.717) is 0 Å². The van der Waals surface area contributed by atoms with Crippen LogP contribution in [0.25, 0.3) is 0 Å². The van der Waals surface area contributed by atoms with Crippen LogP contribution in [-0.4, -0.2) is 157 Å². The molecule has 0 saturated carbocycles. The number of ketones is 6. The Labute approximate surface area is 884 Å². The second-order valence-electron chi connectivity index (χ2n) is 24.5. The standard InChI is InChI=1S/C13H4Br6O5.C13H5Br5O5.2C13H7Br3O5.C13H8Br2O5.C13H9BrO5/c14-3-1(5(16)10(21)12(23)7(3)18)9(20)2-4(15)8(19)13(24)11(22)6(2)17;14-5-2(1-3(19)11(21)8(5)17)10(20)4-6(15)9(18)13(23)12(22)7(4)16;14-6-3-8(18)7(17)1-4(6)12(20)5-2-9(19)13(21)11(16)10(5)15;14-8-5(3-7(18)13(21)10(8)16)11(19)4-1-2-6(17)12(20)9(4)15;14-7-4-10(18)9(17)3-6(7)12(19)5-1-2-8(16)13(20)11(5)15;14-11-7(2-4-9(16)13(11)19)12(18)6-1-3-8(15)10(17)5-6/h21-24H;1,19,21-23H;1-3,17-19,21H;1-3,17-18,20-21H;1-4,16-18,20H;1-5,15-17,19H. The first-order valence-corrected chi connectivity index (χ1v) is 48.5. The molecule has 0 atom stereocenters. The molecular weight excluding hydrogens is 3010 g/mol. The van der Waals surface area contributed by atoms with Crippen molar-refractivity contribution in [2.24, 2.45) is 0 Å². The first-order chi connectivity index (χ1) is 59.3. The molecule has 0 aliphatic heterocycles. The van der Waals surface area contributed by atoms with E-state index in [1.54, 1.807) is 0 Å². The topological polar surface area (TPSA) is 588 Å². The molecule has 0 unspecified atom stereocenters. The van der Waals surface area contributed by atoms with Gasteiger partial charge < -0.3 is 123 Å². The van der Waals surface area contributed by atoms with Gasteiger partial charge >= 0.3 is 0 Å². The summed E-state index contributed by atoms with van der Waals surface area (Å²) in [4.78, 5) is 75.4. The summed E-state index contributed by atoms with van der Waals surface area (Å²) in [5.41, 5.74) is 0.831. The van der Waals surface area contributed by atoms with Crippen molar-refractivity contribution < 1.29 is 151 Å². The second-order valence-corrected chi connectivity index (χ2v) is 40.5. The summed E-state index contributed by atoms with van der Waals surface area (Å²) in [7, 11) is 0. The van der Waals surface area contributed by atoms with E-state index in [1.807, 2.05) is 0 Å². The Hall–Kier alpha value is -6.54. The van der Waals surface area contributed by atoms with Crippen molar-refractivity contribution in [3.05, 3.63) is 253 Å². The van der Waals surface area contributed by atoms with Crippen molar-refractivity contribution >= 4 is 353 Å². The molecule has 0 bridgehead atoms. The lowest BCUT2D eigenvalue weighted by Crippen LogP contribution is -2.07. The van der Waals surface area contributed by atoms with Crippen LogP contribution >= 0.6 is 319 Å². The van der Waals surface area contributed by atoms with Gasteiger partial charge in [0.05, 0.1) is 70.4 Å². The van der Waals surface area contributed by atoms with Gasteiger partial charge in [-0.25, -0.2) is 0 Å². The summed E-state index contributed by atoms with van der Waals surface area (Å²) < 4.78 is 2.55. The molecule has 0 aliphatic carbocycles. The Morgan fingerprint density at radius 2 is 0.359 bits per heavy atom. The number of carbonyl (C=O) groups excluding carboxylic acids is 6. The third kappa shape index (κ3) is 23.1. The number of halogens is 20. The summed E-state index contributed by atoms with van der Waals surface area (Å²) in [5, 5.41) is 230. The Morgan fingerprint density at radius 3 is 0.656 bits per heavy atom. The summed E-state index contributed by atoms with van der Waals surface area (Å²) in [6, 6.07) is 19.1. The molecule has 30 nitrogen and oxygen atoms in total. The van der Waals surface area contributed by atoms with Crippen molar-refractivity contribution in [2.75, 3.05) is 0 Å². The normalized spacial score (nSPS) is 10.7. The lowest BCUT2D eigenvalue weighted by Gasteiger charge is -2.16. The maximum Gasteiger partial charge on any atom is 0.197 e. The molecule has 0 amide bonds. The SMILES string of the molecule is O=C(c1c(Br)c(O)c(O)c(Br)c1Br)c1c(Br)c(O)c(O)c(Br)c1Br.O=C(c1cc(O)c(O)c(Br)c1Br)c1c(Br)c(O)c(O)c(Br)c1Br.O=C(c1cc(O)c(O)cc1Br)c1cc(O)c(O)c(Br)c1Br.O=C(c1cc(O)c(O)cc1Br)c1ccc(O)c(O)c1Br.O=C(c1ccc(O)c(O)c1)c1ccc(O)c(O)c1Br.O=C(c1ccc(O)c(O)c1Br)c1cc(O)c(O)c(Br)c1Br. The molecule has 128 heavy (non-hydrogen) atoms. The fourth-order valence-electron chi connectivity index (χ4n) is 9.97. The molecule has 12 aromatic carbocycles. The minimum atomic E-state index is -0.612. The average molecular weight is 3060 g/mol. The van der Waals surface area contributed by atoms with Crippen molar-refractivity contribution in [3.63, 3.8) is 0 Å². The van der Waals surface area contributed by atoms with Crippen LogP contribution in [0, 0.1) is 0 Å². The summed E-state index contributed by atoms with van der Waals surface area (Å²) in [6.07, 6.45) is 0. The molecule has 0 aliphatic rings. The first-order valence-electron chi connectivity index (χ1n) is 32.6. The molecule has 0 fully saturated rings. The molecule has 24 N–H and O–H groups in total. The Bertz CT molecular complexity index is 6440. The first kappa shape index (κ1) is 108. The Morgan fingerprint density at radius 1 is 0.148 bits per heavy atom. The van der Waals surface area contributed by atoms with Crippen LogP contribution in [0.2, 0.25) is 0 Å². The summed E-state index contributed by atoms with van der Waals surface area (Å²) >= 11 is 62.0. The van der Waals surface area contributed by atoms with E-state index in [-0.39, 0.29) is 191 Å². The van der Waals surface area contributed by atoms with Gasteiger partial charge in [0, 0.05) is 85.9 Å². The molecule has 672 valence electrons. The molecule has 0 saturated heterocycles. The van der Waals surface area contributed by atoms with Gasteiger partial charge in [-0.3, -0.25) is 28.8 Å². The molecule has 0 spiro atoms. The monoisotopic (exact) mass is 3030 g/mol. The van der Waals surface area contributed by atoms with Crippen molar-refractivity contribution in [1.29, 1.82) is 0 Å². The summed E-state index contributed by atoms with van der Waals surface area (Å²) in [6.45, 7) is 0. The van der Waals surface area contributed by atoms with Gasteiger partial charge in [0.25, 0.3) is 0 Å². The Kier molecular flexibility index (Phi) is 38.1. The van der Waals surface area contributed by atoms with Crippen LogP contribution in [0.4, 0.5) is 0 Å². The largest absolute Gasteiger partial charge is 0.504 e. The minimum Gasteiger partial charge on any atom is -0.504 e. The maximum atomic E-state index is 13.0. The van der Waals surface area contributed by atoms with Gasteiger partial charge in [-0.15, -0.1) is 0 Å². The van der Waals surface area contributed by atoms with Gasteiger partial charge in [-0.2, -0.15) is 0 Å². The van der Waals surface area contributed by atoms with Crippen LogP contribution in [-0.2, 0) is 0 Å². The number of benzene rings is 12. The number of aromatic hydroxyl groups is 24. The third-order valence-electron chi connectivity index (χ3n) is 16.6. The zero-order valence-corrected chi connectivity index (χ0v) is 92.7. The van der Waals surface area contributed by atoms with E-state index in [2.05, 4.69) is 319 Å². The van der Waals surface area contributed by atoms with E-state index in [0.717, 1.165) is 36.4 Å². The number of carbonyl (C=O) groups is 6. The average Bonchev–Trinajstić information content (AvgIpc) is 0.754. The van der Waals surface area contributed by atoms with E-state index in [1.165, 1.54) is 60.7 Å². The lowest BCUT2D eigenvalue weighted by molar-refractivity contribution is 0.102. The highest BCUT2D eigenvalue weighted by atomic mass is 79.9. The van der Waals surface area contributed by atoms with Gasteiger partial charge in [-0.1, -0.05) is 0 Å². The minimum absolute atomic E-state index is 0.00411. The van der Waals surface area contributed by atoms with Gasteiger partial charge in [0.15, 0.2) is 173 Å². The smallest absolute Gasteiger partial charge is 0.197 e. The van der Waals surface area contributed by atoms with Crippen molar-refractivity contribution in [1.82, 2.24) is 0 Å². The van der Waals surface area contributed by atoms with Crippen LogP contribution in [0.15, 0.2) is 187 Å². The van der Waals surface area contributed by atoms with E-state index in [4.69, 9.17) is 0 Å². The second kappa shape index (κ2) is 45.0. The molecule has 12 rings (SSSR count). The van der Waals surface area contributed by atoms with Crippen molar-refractivity contribution in [3.8, 4) is 138 Å². The highest BCUT2D eigenvalue weighted by Crippen LogP contribution is 2.55. The van der Waals surface area contributed by atoms with Crippen LogP contribution in [0.5, 0.6) is 138 Å². The number of phenols is 24. The fourth-order valence-corrected chi connectivity index (χ4v) is 20.6. The quantitative estimate of drug-likeness (QED) is 0.0307. The van der Waals surface area contributed by atoms with Gasteiger partial charge in [0.1, 0.15) is 0 Å². The number of hydrogen-bond acceptors (Lipinski definition) is 30. The van der Waals surface area contributed by atoms with Gasteiger partial charge in [0.2, 0.25) is 0 Å². The highest BCUT2D eigenvalue weighted by molar-refractivity contribution is 9.15. The predicted octanol–water partition coefficient (Wildman–Crippen LogP) is 25.7. The molecule has 50 heteroatoms. The van der Waals surface area contributed by atoms with Gasteiger partial charge in [-0.05, 0) is 416 Å². The van der Waals surface area contributed by atoms with Crippen molar-refractivity contribution in [2.45, 2.75) is 0 Å². The lowest BCUT2D eigenvalue weighted by atomic mass is 10.0. The predicted molar refractivity (Wildman–Crippen MR) is 532 cm³/mol. The zero-order chi connectivity index (χ0) is 97.1. The molecule has 0 heterocycles. The maximum absolute atomic E-state index is 13.0. The van der Waals surface area contributed by atoms with E-state index < -0.39 is 138 Å². The van der Waals surface area contributed by atoms with E-state index in [9.17, 15) is 151 Å². The summed E-state index contributed by atoms with van der Waals surface area (Å²) in [5.74, 6) is -13.5. The van der Waals surface area contributed by atoms with E-state index >= 15 is 0 Å². The molecule has 0 aromatic heterocycles. The van der Waals surface area contributed by atoms with Crippen LogP contribution < -0.4 is 0 Å².